The molecule has 0 saturated carbocycles. The number of hydrogen-bond donors (Lipinski definition) is 0. The van der Waals surface area contributed by atoms with Crippen molar-refractivity contribution in [3.8, 4) is 0 Å². The van der Waals surface area contributed by atoms with Crippen molar-refractivity contribution in [1.29, 1.82) is 0 Å². The molecule has 0 radical (unpaired) electrons. The lowest BCUT2D eigenvalue weighted by Gasteiger charge is -2.28. The smallest absolute Gasteiger partial charge is 0.376 e. The molecule has 0 aliphatic heterocycles. The third kappa shape index (κ3) is 6.85. The Hall–Kier alpha value is 0.0569. The number of rotatable bonds is 11. The van der Waals surface area contributed by atoms with Gasteiger partial charge in [0.25, 0.3) is 0 Å². The van der Waals surface area contributed by atoms with Gasteiger partial charge in [-0.3, -0.25) is 0 Å². The summed E-state index contributed by atoms with van der Waals surface area (Å²) in [6, 6.07) is 0. The average molecular weight is 278 g/mol. The Bertz CT molecular complexity index is 197. The molecule has 0 bridgehead atoms. The first-order valence-corrected chi connectivity index (χ1v) is 8.61. The van der Waals surface area contributed by atoms with Crippen LogP contribution in [0.5, 0.6) is 0 Å². The Balaban J connectivity index is 4.00. The number of ether oxygens (including phenoxy) is 1. The predicted octanol–water partition coefficient (Wildman–Crippen LogP) is 3.03. The summed E-state index contributed by atoms with van der Waals surface area (Å²) in [5, 5.41) is 0. The first-order valence-electron chi connectivity index (χ1n) is 6.68. The van der Waals surface area contributed by atoms with Gasteiger partial charge in [0.15, 0.2) is 0 Å². The van der Waals surface area contributed by atoms with Gasteiger partial charge in [-0.05, 0) is 11.8 Å². The maximum absolute atomic E-state index is 5.75. The van der Waals surface area contributed by atoms with Crippen LogP contribution in [0.4, 0.5) is 0 Å². The highest BCUT2D eigenvalue weighted by molar-refractivity contribution is 6.60. The van der Waals surface area contributed by atoms with Crippen molar-refractivity contribution >= 4 is 8.80 Å². The molecule has 0 fully saturated rings. The Morgan fingerprint density at radius 3 is 1.94 bits per heavy atom. The Labute approximate surface area is 113 Å². The molecule has 0 rings (SSSR count). The molecule has 0 aromatic rings. The van der Waals surface area contributed by atoms with Gasteiger partial charge in [0, 0.05) is 21.3 Å². The summed E-state index contributed by atoms with van der Waals surface area (Å²) in [6.45, 7) is 7.40. The molecule has 0 spiro atoms. The van der Waals surface area contributed by atoms with Gasteiger partial charge in [-0.2, -0.15) is 0 Å². The van der Waals surface area contributed by atoms with E-state index in [1.54, 1.807) is 21.3 Å². The lowest BCUT2D eigenvalue weighted by molar-refractivity contribution is 0.0301. The van der Waals surface area contributed by atoms with Crippen LogP contribution in [0.2, 0.25) is 0 Å². The van der Waals surface area contributed by atoms with Crippen LogP contribution in [-0.2, 0) is 18.0 Å². The third-order valence-corrected chi connectivity index (χ3v) is 5.59. The second kappa shape index (κ2) is 9.04. The van der Waals surface area contributed by atoms with E-state index in [9.17, 15) is 0 Å². The second-order valence-corrected chi connectivity index (χ2v) is 8.29. The zero-order valence-corrected chi connectivity index (χ0v) is 13.9. The molecule has 0 amide bonds. The van der Waals surface area contributed by atoms with E-state index in [0.29, 0.717) is 12.8 Å². The van der Waals surface area contributed by atoms with Crippen LogP contribution in [-0.4, -0.2) is 43.0 Å². The van der Waals surface area contributed by atoms with Gasteiger partial charge in [-0.25, -0.2) is 0 Å². The zero-order valence-electron chi connectivity index (χ0n) is 12.9. The molecule has 0 aliphatic carbocycles. The van der Waals surface area contributed by atoms with Crippen molar-refractivity contribution in [2.45, 2.75) is 46.5 Å². The van der Waals surface area contributed by atoms with Crippen molar-refractivity contribution in [3.05, 3.63) is 0 Å². The van der Waals surface area contributed by atoms with Gasteiger partial charge in [-0.15, -0.1) is 0 Å². The third-order valence-electron chi connectivity index (χ3n) is 3.16. The van der Waals surface area contributed by atoms with Crippen molar-refractivity contribution < 1.29 is 18.0 Å². The summed E-state index contributed by atoms with van der Waals surface area (Å²) in [5.41, 5.74) is 0.199. The topological polar surface area (TPSA) is 36.9 Å². The summed E-state index contributed by atoms with van der Waals surface area (Å²) in [7, 11) is 2.24. The van der Waals surface area contributed by atoms with Crippen LogP contribution < -0.4 is 0 Å². The van der Waals surface area contributed by atoms with E-state index in [-0.39, 0.29) is 5.41 Å². The molecule has 0 aromatic carbocycles. The molecule has 110 valence electrons. The van der Waals surface area contributed by atoms with Gasteiger partial charge in [0.1, 0.15) is 6.23 Å². The summed E-state index contributed by atoms with van der Waals surface area (Å²) in [6.07, 6.45) is 5.39. The van der Waals surface area contributed by atoms with Crippen LogP contribution in [0.15, 0.2) is 0 Å². The largest absolute Gasteiger partial charge is 0.527 e. The molecule has 0 heterocycles. The van der Waals surface area contributed by atoms with Gasteiger partial charge < -0.3 is 18.0 Å². The van der Waals surface area contributed by atoms with Gasteiger partial charge >= 0.3 is 8.80 Å². The van der Waals surface area contributed by atoms with E-state index in [1.807, 2.05) is 0 Å². The van der Waals surface area contributed by atoms with Gasteiger partial charge in [0.05, 0.1) is 6.61 Å². The van der Waals surface area contributed by atoms with Gasteiger partial charge in [0.2, 0.25) is 0 Å². The van der Waals surface area contributed by atoms with E-state index in [1.165, 1.54) is 25.7 Å². The summed E-state index contributed by atoms with van der Waals surface area (Å²) in [4.78, 5) is 0. The van der Waals surface area contributed by atoms with Crippen LogP contribution in [0.25, 0.3) is 0 Å². The Morgan fingerprint density at radius 2 is 1.50 bits per heavy atom. The van der Waals surface area contributed by atoms with Crippen molar-refractivity contribution in [3.63, 3.8) is 0 Å². The van der Waals surface area contributed by atoms with Gasteiger partial charge in [-0.1, -0.05) is 40.0 Å². The molecule has 5 heteroatoms. The predicted molar refractivity (Wildman–Crippen MR) is 75.5 cm³/mol. The minimum absolute atomic E-state index is 0.199. The van der Waals surface area contributed by atoms with Crippen molar-refractivity contribution in [2.75, 3.05) is 34.2 Å². The molecular formula is C13H30O4Si. The molecular weight excluding hydrogens is 248 g/mol. The molecule has 0 N–H and O–H groups in total. The van der Waals surface area contributed by atoms with Crippen LogP contribution >= 0.6 is 0 Å². The molecule has 4 nitrogen and oxygen atoms in total. The zero-order chi connectivity index (χ0) is 14.1. The van der Waals surface area contributed by atoms with E-state index in [4.69, 9.17) is 18.0 Å². The van der Waals surface area contributed by atoms with Crippen molar-refractivity contribution in [2.24, 2.45) is 5.41 Å². The maximum atomic E-state index is 5.75. The number of hydrogen-bond acceptors (Lipinski definition) is 4. The highest BCUT2D eigenvalue weighted by Gasteiger charge is 2.39. The molecule has 18 heavy (non-hydrogen) atoms. The molecule has 0 aliphatic rings. The monoisotopic (exact) mass is 278 g/mol. The van der Waals surface area contributed by atoms with E-state index < -0.39 is 8.80 Å². The van der Waals surface area contributed by atoms with E-state index in [2.05, 4.69) is 20.8 Å². The highest BCUT2D eigenvalue weighted by Crippen LogP contribution is 2.24. The average Bonchev–Trinajstić information content (AvgIpc) is 2.35. The molecule has 0 saturated heterocycles. The lowest BCUT2D eigenvalue weighted by atomic mass is 9.88. The fourth-order valence-corrected chi connectivity index (χ4v) is 3.01. The Morgan fingerprint density at radius 1 is 0.944 bits per heavy atom. The minimum atomic E-state index is -2.58. The highest BCUT2D eigenvalue weighted by atomic mass is 28.4. The lowest BCUT2D eigenvalue weighted by Crippen LogP contribution is -2.48. The Kier molecular flexibility index (Phi) is 9.07. The summed E-state index contributed by atoms with van der Waals surface area (Å²) in [5.74, 6) is 0. The quantitative estimate of drug-likeness (QED) is 0.430. The minimum Gasteiger partial charge on any atom is -0.376 e. The normalized spacial score (nSPS) is 13.0. The van der Waals surface area contributed by atoms with Crippen LogP contribution in [0.1, 0.15) is 46.5 Å². The van der Waals surface area contributed by atoms with Crippen LogP contribution in [0, 0.1) is 5.41 Å². The van der Waals surface area contributed by atoms with Crippen LogP contribution in [0.3, 0.4) is 0 Å². The number of unbranched alkanes of at least 4 members (excludes halogenated alkanes) is 2. The summed E-state index contributed by atoms with van der Waals surface area (Å²) >= 11 is 0. The van der Waals surface area contributed by atoms with Crippen molar-refractivity contribution in [1.82, 2.24) is 0 Å². The second-order valence-electron chi connectivity index (χ2n) is 5.41. The standard InChI is InChI=1S/C13H30O4Si/c1-7-8-9-10-13(2,3)11-17-12-18(14-4,15-5)16-6/h7-12H2,1-6H3. The summed E-state index contributed by atoms with van der Waals surface area (Å²) < 4.78 is 21.7. The van der Waals surface area contributed by atoms with E-state index >= 15 is 0 Å². The molecule has 0 atom stereocenters. The SMILES string of the molecule is CCCCCC(C)(C)COC[Si](OC)(OC)OC. The molecule has 0 aromatic heterocycles. The fourth-order valence-electron chi connectivity index (χ4n) is 1.80. The molecule has 0 unspecified atom stereocenters. The maximum Gasteiger partial charge on any atom is 0.527 e. The van der Waals surface area contributed by atoms with E-state index in [0.717, 1.165) is 0 Å². The first kappa shape index (κ1) is 18.1. The first-order chi connectivity index (χ1) is 8.45. The fraction of sp³-hybridized carbons (Fsp3) is 1.00.